The van der Waals surface area contributed by atoms with E-state index in [1.54, 1.807) is 12.1 Å². The molecule has 1 nitrogen and oxygen atoms in total. The van der Waals surface area contributed by atoms with E-state index in [1.807, 2.05) is 25.1 Å². The third-order valence-corrected chi connectivity index (χ3v) is 3.47. The summed E-state index contributed by atoms with van der Waals surface area (Å²) in [6.07, 6.45) is 0. The maximum atomic E-state index is 13.2. The molecular weight excluding hydrogens is 319 g/mol. The topological polar surface area (TPSA) is 9.23 Å². The Morgan fingerprint density at radius 1 is 1.28 bits per heavy atom. The van der Waals surface area contributed by atoms with Gasteiger partial charge in [-0.2, -0.15) is 0 Å². The van der Waals surface area contributed by atoms with E-state index >= 15 is 0 Å². The van der Waals surface area contributed by atoms with E-state index in [0.717, 1.165) is 15.8 Å². The zero-order valence-corrected chi connectivity index (χ0v) is 12.1. The van der Waals surface area contributed by atoms with Crippen molar-refractivity contribution in [1.29, 1.82) is 0 Å². The molecular formula is C14H11BrClFO. The number of ether oxygens (including phenoxy) is 1. The summed E-state index contributed by atoms with van der Waals surface area (Å²) in [6.45, 7) is 2.20. The van der Waals surface area contributed by atoms with Gasteiger partial charge in [-0.3, -0.25) is 0 Å². The van der Waals surface area contributed by atoms with Gasteiger partial charge in [-0.1, -0.05) is 39.7 Å². The summed E-state index contributed by atoms with van der Waals surface area (Å²) in [5.41, 5.74) is 1.65. The number of halogens is 3. The summed E-state index contributed by atoms with van der Waals surface area (Å²) in [5, 5.41) is 0.118. The fourth-order valence-corrected chi connectivity index (χ4v) is 2.25. The van der Waals surface area contributed by atoms with Crippen molar-refractivity contribution >= 4 is 27.5 Å². The first kappa shape index (κ1) is 13.4. The van der Waals surface area contributed by atoms with Crippen molar-refractivity contribution in [2.45, 2.75) is 13.5 Å². The van der Waals surface area contributed by atoms with Crippen LogP contribution in [0.3, 0.4) is 0 Å². The Hall–Kier alpha value is -1.06. The third kappa shape index (κ3) is 3.03. The predicted molar refractivity (Wildman–Crippen MR) is 74.6 cm³/mol. The lowest BCUT2D eigenvalue weighted by molar-refractivity contribution is 0.303. The Balaban J connectivity index is 2.14. The van der Waals surface area contributed by atoms with E-state index < -0.39 is 5.82 Å². The van der Waals surface area contributed by atoms with E-state index in [-0.39, 0.29) is 11.6 Å². The van der Waals surface area contributed by atoms with E-state index in [9.17, 15) is 4.39 Å². The largest absolute Gasteiger partial charge is 0.489 e. The molecule has 0 aromatic heterocycles. The SMILES string of the molecule is Cc1cc(Br)ccc1OCc1cccc(F)c1Cl. The first-order valence-corrected chi connectivity index (χ1v) is 6.57. The Bertz CT molecular complexity index is 572. The minimum absolute atomic E-state index is 0.118. The van der Waals surface area contributed by atoms with Crippen molar-refractivity contribution in [2.24, 2.45) is 0 Å². The lowest BCUT2D eigenvalue weighted by Crippen LogP contribution is -1.98. The maximum absolute atomic E-state index is 13.2. The highest BCUT2D eigenvalue weighted by molar-refractivity contribution is 9.10. The molecule has 0 unspecified atom stereocenters. The summed E-state index contributed by atoms with van der Waals surface area (Å²) in [7, 11) is 0. The van der Waals surface area contributed by atoms with Crippen LogP contribution in [-0.2, 0) is 6.61 Å². The second-order valence-corrected chi connectivity index (χ2v) is 5.21. The van der Waals surface area contributed by atoms with Crippen LogP contribution in [0.25, 0.3) is 0 Å². The molecule has 0 heterocycles. The fourth-order valence-electron chi connectivity index (χ4n) is 1.59. The van der Waals surface area contributed by atoms with Gasteiger partial charge in [0, 0.05) is 10.0 Å². The standard InChI is InChI=1S/C14H11BrClFO/c1-9-7-11(15)5-6-13(9)18-8-10-3-2-4-12(17)14(10)16/h2-7H,8H2,1H3. The average molecular weight is 330 g/mol. The Morgan fingerprint density at radius 2 is 2.06 bits per heavy atom. The minimum atomic E-state index is -0.426. The third-order valence-electron chi connectivity index (χ3n) is 2.55. The van der Waals surface area contributed by atoms with E-state index in [0.29, 0.717) is 5.56 Å². The first-order chi connectivity index (χ1) is 8.58. The van der Waals surface area contributed by atoms with Gasteiger partial charge in [-0.15, -0.1) is 0 Å². The van der Waals surface area contributed by atoms with Gasteiger partial charge in [0.15, 0.2) is 0 Å². The first-order valence-electron chi connectivity index (χ1n) is 5.40. The van der Waals surface area contributed by atoms with E-state index in [2.05, 4.69) is 15.9 Å². The predicted octanol–water partition coefficient (Wildman–Crippen LogP) is 5.13. The lowest BCUT2D eigenvalue weighted by Gasteiger charge is -2.10. The van der Waals surface area contributed by atoms with Crippen LogP contribution >= 0.6 is 27.5 Å². The van der Waals surface area contributed by atoms with Gasteiger partial charge in [-0.05, 0) is 36.8 Å². The van der Waals surface area contributed by atoms with Crippen molar-refractivity contribution in [3.8, 4) is 5.75 Å². The van der Waals surface area contributed by atoms with E-state index in [4.69, 9.17) is 16.3 Å². The molecule has 0 atom stereocenters. The van der Waals surface area contributed by atoms with Gasteiger partial charge in [0.25, 0.3) is 0 Å². The summed E-state index contributed by atoms with van der Waals surface area (Å²) in [6, 6.07) is 10.4. The Kier molecular flexibility index (Phi) is 4.25. The van der Waals surface area contributed by atoms with Crippen LogP contribution in [0.4, 0.5) is 4.39 Å². The second-order valence-electron chi connectivity index (χ2n) is 3.91. The lowest BCUT2D eigenvalue weighted by atomic mass is 10.2. The highest BCUT2D eigenvalue weighted by atomic mass is 79.9. The van der Waals surface area contributed by atoms with Crippen LogP contribution in [0.2, 0.25) is 5.02 Å². The molecule has 0 bridgehead atoms. The molecule has 0 saturated heterocycles. The molecule has 18 heavy (non-hydrogen) atoms. The van der Waals surface area contributed by atoms with Crippen LogP contribution in [0.5, 0.6) is 5.75 Å². The highest BCUT2D eigenvalue weighted by Gasteiger charge is 2.07. The molecule has 0 saturated carbocycles. The Labute approximate surface area is 119 Å². The molecule has 0 aliphatic rings. The second kappa shape index (κ2) is 5.72. The Morgan fingerprint density at radius 3 is 2.78 bits per heavy atom. The number of hydrogen-bond donors (Lipinski definition) is 0. The summed E-state index contributed by atoms with van der Waals surface area (Å²) in [4.78, 5) is 0. The molecule has 4 heteroatoms. The molecule has 2 aromatic rings. The normalized spacial score (nSPS) is 10.4. The van der Waals surface area contributed by atoms with Crippen LogP contribution in [0.1, 0.15) is 11.1 Å². The number of rotatable bonds is 3. The van der Waals surface area contributed by atoms with Gasteiger partial charge in [0.05, 0.1) is 5.02 Å². The number of hydrogen-bond acceptors (Lipinski definition) is 1. The molecule has 0 spiro atoms. The quantitative estimate of drug-likeness (QED) is 0.758. The molecule has 2 aromatic carbocycles. The molecule has 0 fully saturated rings. The van der Waals surface area contributed by atoms with Gasteiger partial charge in [-0.25, -0.2) is 4.39 Å². The smallest absolute Gasteiger partial charge is 0.142 e. The maximum Gasteiger partial charge on any atom is 0.142 e. The zero-order chi connectivity index (χ0) is 13.1. The van der Waals surface area contributed by atoms with Crippen molar-refractivity contribution in [1.82, 2.24) is 0 Å². The highest BCUT2D eigenvalue weighted by Crippen LogP contribution is 2.25. The molecule has 0 aliphatic carbocycles. The van der Waals surface area contributed by atoms with Crippen molar-refractivity contribution in [3.63, 3.8) is 0 Å². The summed E-state index contributed by atoms with van der Waals surface area (Å²) >= 11 is 9.25. The molecule has 2 rings (SSSR count). The average Bonchev–Trinajstić information content (AvgIpc) is 2.33. The molecule has 0 amide bonds. The number of benzene rings is 2. The van der Waals surface area contributed by atoms with Crippen LogP contribution in [0, 0.1) is 12.7 Å². The fraction of sp³-hybridized carbons (Fsp3) is 0.143. The van der Waals surface area contributed by atoms with Gasteiger partial charge in [0.2, 0.25) is 0 Å². The van der Waals surface area contributed by atoms with Crippen LogP contribution in [0.15, 0.2) is 40.9 Å². The van der Waals surface area contributed by atoms with Crippen molar-refractivity contribution in [3.05, 3.63) is 62.8 Å². The number of aryl methyl sites for hydroxylation is 1. The summed E-state index contributed by atoms with van der Waals surface area (Å²) < 4.78 is 19.9. The zero-order valence-electron chi connectivity index (χ0n) is 9.71. The molecule has 94 valence electrons. The van der Waals surface area contributed by atoms with Gasteiger partial charge < -0.3 is 4.74 Å². The van der Waals surface area contributed by atoms with Crippen molar-refractivity contribution in [2.75, 3.05) is 0 Å². The monoisotopic (exact) mass is 328 g/mol. The van der Waals surface area contributed by atoms with Crippen LogP contribution < -0.4 is 4.74 Å². The summed E-state index contributed by atoms with van der Waals surface area (Å²) in [5.74, 6) is 0.337. The van der Waals surface area contributed by atoms with E-state index in [1.165, 1.54) is 6.07 Å². The van der Waals surface area contributed by atoms with Gasteiger partial charge >= 0.3 is 0 Å². The minimum Gasteiger partial charge on any atom is -0.489 e. The molecule has 0 aliphatic heterocycles. The van der Waals surface area contributed by atoms with Crippen molar-refractivity contribution < 1.29 is 9.13 Å². The molecule has 0 N–H and O–H groups in total. The van der Waals surface area contributed by atoms with Crippen LogP contribution in [-0.4, -0.2) is 0 Å². The van der Waals surface area contributed by atoms with Gasteiger partial charge in [0.1, 0.15) is 18.2 Å². The molecule has 0 radical (unpaired) electrons.